The fraction of sp³-hybridized carbons (Fsp3) is 0. The summed E-state index contributed by atoms with van der Waals surface area (Å²) in [6.07, 6.45) is 0. The van der Waals surface area contributed by atoms with Gasteiger partial charge in [-0.2, -0.15) is 10.5 Å². The van der Waals surface area contributed by atoms with Gasteiger partial charge in [0.25, 0.3) is 0 Å². The summed E-state index contributed by atoms with van der Waals surface area (Å²) in [6.45, 7) is 0. The second kappa shape index (κ2) is 11.2. The minimum atomic E-state index is 0.676. The van der Waals surface area contributed by atoms with Crippen LogP contribution in [-0.2, 0) is 0 Å². The van der Waals surface area contributed by atoms with Crippen LogP contribution in [0.5, 0.6) is 0 Å². The highest BCUT2D eigenvalue weighted by atomic mass is 14.3. The lowest BCUT2D eigenvalue weighted by Gasteiger charge is -2.16. The van der Waals surface area contributed by atoms with Crippen LogP contribution < -0.4 is 0 Å². The van der Waals surface area contributed by atoms with E-state index < -0.39 is 0 Å². The van der Waals surface area contributed by atoms with E-state index in [1.54, 1.807) is 0 Å². The van der Waals surface area contributed by atoms with Gasteiger partial charge in [0.15, 0.2) is 0 Å². The zero-order valence-corrected chi connectivity index (χ0v) is 24.9. The second-order valence-corrected chi connectivity index (χ2v) is 11.5. The van der Waals surface area contributed by atoms with E-state index in [9.17, 15) is 10.5 Å². The molecule has 212 valence electrons. The van der Waals surface area contributed by atoms with E-state index in [0.717, 1.165) is 33.4 Å². The number of hydrogen-bond acceptors (Lipinski definition) is 2. The number of rotatable bonds is 4. The molecule has 0 aliphatic heterocycles. The van der Waals surface area contributed by atoms with E-state index in [1.165, 1.54) is 43.4 Å². The predicted octanol–water partition coefficient (Wildman–Crippen LogP) is 11.6. The van der Waals surface area contributed by atoms with Crippen molar-refractivity contribution in [3.63, 3.8) is 0 Å². The Morgan fingerprint density at radius 1 is 0.283 bits per heavy atom. The van der Waals surface area contributed by atoms with Crippen LogP contribution in [0.1, 0.15) is 11.1 Å². The fourth-order valence-corrected chi connectivity index (χ4v) is 6.75. The van der Waals surface area contributed by atoms with Gasteiger partial charge in [-0.15, -0.1) is 0 Å². The summed E-state index contributed by atoms with van der Waals surface area (Å²) in [5.74, 6) is 0. The molecular formula is C44H26N2. The Hall–Kier alpha value is -6.48. The normalized spacial score (nSPS) is 11.0. The molecule has 8 rings (SSSR count). The molecule has 0 spiro atoms. The summed E-state index contributed by atoms with van der Waals surface area (Å²) in [4.78, 5) is 0. The first-order chi connectivity index (χ1) is 22.7. The molecule has 0 unspecified atom stereocenters. The number of benzene rings is 8. The number of fused-ring (bicyclic) bond motifs is 5. The summed E-state index contributed by atoms with van der Waals surface area (Å²) >= 11 is 0. The van der Waals surface area contributed by atoms with Gasteiger partial charge in [-0.1, -0.05) is 133 Å². The third-order valence-corrected chi connectivity index (χ3v) is 8.99. The van der Waals surface area contributed by atoms with Gasteiger partial charge in [-0.25, -0.2) is 0 Å². The van der Waals surface area contributed by atoms with Gasteiger partial charge in [0.1, 0.15) is 0 Å². The third-order valence-electron chi connectivity index (χ3n) is 8.99. The first kappa shape index (κ1) is 27.1. The van der Waals surface area contributed by atoms with Crippen molar-refractivity contribution in [2.24, 2.45) is 0 Å². The van der Waals surface area contributed by atoms with Crippen molar-refractivity contribution in [1.29, 1.82) is 10.5 Å². The number of nitriles is 2. The molecule has 0 heterocycles. The Balaban J connectivity index is 1.30. The van der Waals surface area contributed by atoms with Crippen molar-refractivity contribution in [2.75, 3.05) is 0 Å². The quantitative estimate of drug-likeness (QED) is 0.194. The topological polar surface area (TPSA) is 47.6 Å². The Kier molecular flexibility index (Phi) is 6.61. The molecule has 0 saturated carbocycles. The highest BCUT2D eigenvalue weighted by Crippen LogP contribution is 2.42. The van der Waals surface area contributed by atoms with Crippen molar-refractivity contribution < 1.29 is 0 Å². The maximum atomic E-state index is 9.63. The maximum Gasteiger partial charge on any atom is 0.0998 e. The summed E-state index contributed by atoms with van der Waals surface area (Å²) in [7, 11) is 0. The lowest BCUT2D eigenvalue weighted by Crippen LogP contribution is -1.90. The van der Waals surface area contributed by atoms with Gasteiger partial charge in [0.2, 0.25) is 0 Å². The summed E-state index contributed by atoms with van der Waals surface area (Å²) in [5, 5.41) is 26.5. The first-order valence-corrected chi connectivity index (χ1v) is 15.3. The molecule has 0 aliphatic carbocycles. The fourth-order valence-electron chi connectivity index (χ4n) is 6.75. The van der Waals surface area contributed by atoms with Crippen LogP contribution in [-0.4, -0.2) is 0 Å². The molecule has 0 amide bonds. The average Bonchev–Trinajstić information content (AvgIpc) is 3.14. The maximum absolute atomic E-state index is 9.63. The van der Waals surface area contributed by atoms with Crippen molar-refractivity contribution >= 4 is 32.3 Å². The molecule has 0 saturated heterocycles. The van der Waals surface area contributed by atoms with Gasteiger partial charge < -0.3 is 0 Å². The minimum Gasteiger partial charge on any atom is -0.192 e. The van der Waals surface area contributed by atoms with Crippen molar-refractivity contribution in [2.45, 2.75) is 0 Å². The van der Waals surface area contributed by atoms with E-state index in [2.05, 4.69) is 121 Å². The third kappa shape index (κ3) is 4.49. The van der Waals surface area contributed by atoms with Crippen LogP contribution >= 0.6 is 0 Å². The summed E-state index contributed by atoms with van der Waals surface area (Å²) in [6, 6.07) is 59.2. The van der Waals surface area contributed by atoms with Crippen LogP contribution in [0.15, 0.2) is 158 Å². The van der Waals surface area contributed by atoms with Gasteiger partial charge in [0.05, 0.1) is 23.3 Å². The molecule has 0 atom stereocenters. The highest BCUT2D eigenvalue weighted by Gasteiger charge is 2.15. The van der Waals surface area contributed by atoms with E-state index >= 15 is 0 Å². The predicted molar refractivity (Wildman–Crippen MR) is 190 cm³/mol. The highest BCUT2D eigenvalue weighted by molar-refractivity contribution is 6.23. The Morgan fingerprint density at radius 2 is 0.587 bits per heavy atom. The van der Waals surface area contributed by atoms with Gasteiger partial charge >= 0.3 is 0 Å². The molecule has 2 nitrogen and oxygen atoms in total. The number of hydrogen-bond donors (Lipinski definition) is 0. The van der Waals surface area contributed by atoms with Crippen molar-refractivity contribution in [3.8, 4) is 56.6 Å². The Morgan fingerprint density at radius 3 is 0.957 bits per heavy atom. The van der Waals surface area contributed by atoms with E-state index in [-0.39, 0.29) is 0 Å². The van der Waals surface area contributed by atoms with Crippen LogP contribution in [0.25, 0.3) is 76.8 Å². The molecule has 8 aromatic carbocycles. The average molecular weight is 583 g/mol. The summed E-state index contributed by atoms with van der Waals surface area (Å²) < 4.78 is 0. The molecule has 46 heavy (non-hydrogen) atoms. The van der Waals surface area contributed by atoms with Crippen LogP contribution in [0.4, 0.5) is 0 Å². The van der Waals surface area contributed by atoms with Crippen molar-refractivity contribution in [1.82, 2.24) is 0 Å². The number of nitrogens with zero attached hydrogens (tertiary/aromatic N) is 2. The zero-order valence-electron chi connectivity index (χ0n) is 24.9. The smallest absolute Gasteiger partial charge is 0.0998 e. The van der Waals surface area contributed by atoms with Gasteiger partial charge in [-0.3, -0.25) is 0 Å². The summed E-state index contributed by atoms with van der Waals surface area (Å²) in [5.41, 5.74) is 9.94. The first-order valence-electron chi connectivity index (χ1n) is 15.3. The van der Waals surface area contributed by atoms with Gasteiger partial charge in [0, 0.05) is 0 Å². The molecule has 0 N–H and O–H groups in total. The Bertz CT molecular complexity index is 2350. The standard InChI is InChI=1S/C44H26N2/c45-27-33-9-1-3-11-35(33)29-17-21-31(22-18-29)41-25-43-40-16-8-6-14-38(40)42(26-44(43)39-15-7-5-13-37(39)41)32-23-19-30(20-24-32)36-12-4-2-10-34(36)28-46/h1-26H. The Labute approximate surface area is 267 Å². The lowest BCUT2D eigenvalue weighted by molar-refractivity contribution is 1.48. The molecule has 0 bridgehead atoms. The second-order valence-electron chi connectivity index (χ2n) is 11.5. The van der Waals surface area contributed by atoms with E-state index in [0.29, 0.717) is 11.1 Å². The molecule has 2 heteroatoms. The largest absolute Gasteiger partial charge is 0.192 e. The zero-order chi connectivity index (χ0) is 31.0. The monoisotopic (exact) mass is 582 g/mol. The van der Waals surface area contributed by atoms with Crippen LogP contribution in [0.2, 0.25) is 0 Å². The van der Waals surface area contributed by atoms with Gasteiger partial charge in [-0.05, 0) is 101 Å². The SMILES string of the molecule is N#Cc1ccccc1-c1ccc(-c2cc3c4ccccc4c(-c4ccc(-c5ccccc5C#N)cc4)cc3c3ccccc23)cc1. The van der Waals surface area contributed by atoms with Crippen LogP contribution in [0, 0.1) is 22.7 Å². The molecule has 0 radical (unpaired) electrons. The molecule has 0 fully saturated rings. The molecule has 8 aromatic rings. The van der Waals surface area contributed by atoms with Crippen LogP contribution in [0.3, 0.4) is 0 Å². The van der Waals surface area contributed by atoms with E-state index in [1.807, 2.05) is 48.5 Å². The van der Waals surface area contributed by atoms with Crippen molar-refractivity contribution in [3.05, 3.63) is 169 Å². The molecule has 0 aliphatic rings. The molecular weight excluding hydrogens is 556 g/mol. The van der Waals surface area contributed by atoms with E-state index in [4.69, 9.17) is 0 Å². The lowest BCUT2D eigenvalue weighted by atomic mass is 9.87. The molecule has 0 aromatic heterocycles. The minimum absolute atomic E-state index is 0.676.